The van der Waals surface area contributed by atoms with Gasteiger partial charge in [-0.3, -0.25) is 18.6 Å². The van der Waals surface area contributed by atoms with E-state index < -0.39 is 28.7 Å². The number of ether oxygens (including phenoxy) is 4. The number of carbonyl (C=O) groups excluding carboxylic acids is 2. The van der Waals surface area contributed by atoms with E-state index in [1.54, 1.807) is 9.80 Å². The lowest BCUT2D eigenvalue weighted by molar-refractivity contribution is -0.0638. The summed E-state index contributed by atoms with van der Waals surface area (Å²) in [5, 5.41) is 34.0. The highest BCUT2D eigenvalue weighted by molar-refractivity contribution is 5.85. The van der Waals surface area contributed by atoms with Crippen molar-refractivity contribution in [3.8, 4) is 0 Å². The van der Waals surface area contributed by atoms with Gasteiger partial charge in [-0.05, 0) is 127 Å². The van der Waals surface area contributed by atoms with E-state index in [9.17, 15) is 18.4 Å². The quantitative estimate of drug-likeness (QED) is 0.137. The Morgan fingerprint density at radius 1 is 0.736 bits per heavy atom. The van der Waals surface area contributed by atoms with Crippen LogP contribution in [0.4, 0.5) is 18.4 Å². The van der Waals surface area contributed by atoms with Gasteiger partial charge in [0, 0.05) is 25.9 Å². The van der Waals surface area contributed by atoms with Crippen LogP contribution < -0.4 is 5.73 Å². The molecule has 2 amide bonds. The third kappa shape index (κ3) is 25.2. The molecule has 0 saturated carbocycles. The van der Waals surface area contributed by atoms with Crippen LogP contribution in [0.25, 0.3) is 0 Å². The lowest BCUT2D eigenvalue weighted by atomic mass is 10.1. The summed E-state index contributed by atoms with van der Waals surface area (Å²) in [7, 11) is 0. The molecule has 2 aliphatic heterocycles. The Bertz CT molecular complexity index is 881. The number of amides is 2. The van der Waals surface area contributed by atoms with Crippen LogP contribution >= 0.6 is 12.4 Å². The van der Waals surface area contributed by atoms with Gasteiger partial charge < -0.3 is 45.1 Å². The molecule has 0 bridgehead atoms. The highest BCUT2D eigenvalue weighted by atomic mass is 35.5. The van der Waals surface area contributed by atoms with Crippen molar-refractivity contribution < 1.29 is 57.7 Å². The topological polar surface area (TPSA) is 184 Å². The maximum absolute atomic E-state index is 12.3. The van der Waals surface area contributed by atoms with Gasteiger partial charge >= 0.3 is 12.2 Å². The summed E-state index contributed by atoms with van der Waals surface area (Å²) in [5.74, 6) is 0.349. The second-order valence-corrected chi connectivity index (χ2v) is 16.1. The van der Waals surface area contributed by atoms with Gasteiger partial charge in [0.25, 0.3) is 0 Å². The molecular formula is C37H76ClF2N3O10. The molecule has 2 heterocycles. The lowest BCUT2D eigenvalue weighted by Crippen LogP contribution is -2.49. The van der Waals surface area contributed by atoms with Gasteiger partial charge in [0.2, 0.25) is 0 Å². The van der Waals surface area contributed by atoms with Crippen LogP contribution in [0.1, 0.15) is 128 Å². The largest absolute Gasteiger partial charge is 0.444 e. The summed E-state index contributed by atoms with van der Waals surface area (Å²) in [5.41, 5.74) is 2.84. The lowest BCUT2D eigenvalue weighted by Gasteiger charge is -2.35. The van der Waals surface area contributed by atoms with E-state index in [1.807, 2.05) is 76.2 Å². The predicted octanol–water partition coefficient (Wildman–Crippen LogP) is 6.10. The van der Waals surface area contributed by atoms with Gasteiger partial charge in [0.1, 0.15) is 22.7 Å². The van der Waals surface area contributed by atoms with E-state index in [2.05, 4.69) is 0 Å². The van der Waals surface area contributed by atoms with Crippen molar-refractivity contribution >= 4 is 24.6 Å². The molecule has 0 aliphatic carbocycles. The van der Waals surface area contributed by atoms with Crippen molar-refractivity contribution in [2.24, 2.45) is 11.7 Å². The minimum absolute atomic E-state index is 0. The van der Waals surface area contributed by atoms with E-state index in [1.165, 1.54) is 0 Å². The predicted molar refractivity (Wildman–Crippen MR) is 205 cm³/mol. The molecule has 16 heteroatoms. The molecule has 2 saturated heterocycles. The first-order valence-corrected chi connectivity index (χ1v) is 18.6. The van der Waals surface area contributed by atoms with Crippen molar-refractivity contribution in [1.29, 1.82) is 0 Å². The molecule has 0 radical (unpaired) electrons. The molecular weight excluding hydrogens is 720 g/mol. The van der Waals surface area contributed by atoms with Crippen LogP contribution in [-0.2, 0) is 18.9 Å². The molecule has 4 atom stereocenters. The van der Waals surface area contributed by atoms with E-state index >= 15 is 0 Å². The first-order chi connectivity index (χ1) is 24.0. The second-order valence-electron chi connectivity index (χ2n) is 16.1. The number of nitrogens with zero attached hydrogens (tertiary/aromatic N) is 2. The molecule has 6 N–H and O–H groups in total. The van der Waals surface area contributed by atoms with Crippen molar-refractivity contribution in [3.63, 3.8) is 0 Å². The summed E-state index contributed by atoms with van der Waals surface area (Å²) >= 11 is 0. The number of hydrogen-bond donors (Lipinski definition) is 5. The summed E-state index contributed by atoms with van der Waals surface area (Å²) in [6.45, 7) is 21.1. The van der Waals surface area contributed by atoms with Gasteiger partial charge in [-0.2, -0.15) is 0 Å². The number of halogens is 3. The maximum Gasteiger partial charge on any atom is 0.412 e. The van der Waals surface area contributed by atoms with Gasteiger partial charge in [0.05, 0.1) is 45.3 Å². The minimum Gasteiger partial charge on any atom is -0.444 e. The van der Waals surface area contributed by atoms with E-state index in [0.717, 1.165) is 19.3 Å². The fourth-order valence-corrected chi connectivity index (χ4v) is 5.15. The van der Waals surface area contributed by atoms with Crippen molar-refractivity contribution in [1.82, 2.24) is 9.80 Å². The van der Waals surface area contributed by atoms with Crippen LogP contribution in [0.15, 0.2) is 0 Å². The number of carbonyl (C=O) groups is 2. The molecule has 2 aliphatic rings. The molecule has 320 valence electrons. The van der Waals surface area contributed by atoms with E-state index in [-0.39, 0.29) is 76.4 Å². The molecule has 0 aromatic heterocycles. The highest BCUT2D eigenvalue weighted by Crippen LogP contribution is 2.32. The standard InChI is InChI=1S/C13H24FNO3.C13H25NO4.C6H14O2.C5H12FNO.ClH/c1-12(2,3)18-11(16)15-10(7-6-8-14)9-17-13(15,4)5;1-12(2,3)18-11(16)14-10(7-6-8-15)9-17-13(14,4)5;1-6(5-8)3-2-4-7;6-3-1-2-5(7)4-8;/h10H,6-9H2,1-5H3;10,15H,6-9H2,1-5H3;6-8H,2-5H2,1H3;5,8H,1-4,7H2;1H/t2*10-;6-;5-;/m0000./s1. The van der Waals surface area contributed by atoms with Gasteiger partial charge in [-0.1, -0.05) is 6.92 Å². The van der Waals surface area contributed by atoms with Gasteiger partial charge in [-0.25, -0.2) is 9.59 Å². The summed E-state index contributed by atoms with van der Waals surface area (Å²) in [6, 6.07) is -0.363. The first kappa shape index (κ1) is 55.7. The molecule has 0 aromatic rings. The van der Waals surface area contributed by atoms with Crippen LogP contribution in [-0.4, -0.2) is 136 Å². The Hall–Kier alpha value is -1.59. The maximum atomic E-state index is 12.3. The Labute approximate surface area is 324 Å². The summed E-state index contributed by atoms with van der Waals surface area (Å²) < 4.78 is 45.7. The fraction of sp³-hybridized carbons (Fsp3) is 0.946. The van der Waals surface area contributed by atoms with E-state index in [4.69, 9.17) is 45.1 Å². The Balaban J connectivity index is -0.000000670. The first-order valence-electron chi connectivity index (χ1n) is 18.6. The zero-order valence-electron chi connectivity index (χ0n) is 34.5. The Morgan fingerprint density at radius 3 is 1.45 bits per heavy atom. The molecule has 0 aromatic carbocycles. The molecule has 2 rings (SSSR count). The van der Waals surface area contributed by atoms with Gasteiger partial charge in [0.15, 0.2) is 0 Å². The second kappa shape index (κ2) is 27.9. The normalized spacial score (nSPS) is 20.0. The summed E-state index contributed by atoms with van der Waals surface area (Å²) in [4.78, 5) is 27.6. The zero-order valence-corrected chi connectivity index (χ0v) is 35.3. The number of nitrogens with two attached hydrogens (primary N) is 1. The molecule has 0 spiro atoms. The SMILES string of the molecule is CC(C)(C)OC(=O)N1[C@@H](CCCF)COC1(C)C.CC(C)(C)OC(=O)N1[C@@H](CCCO)COC1(C)C.C[C@H](CO)CCCO.Cl.N[C@H](CO)CCCF. The number of aliphatic hydroxyl groups excluding tert-OH is 4. The third-order valence-corrected chi connectivity index (χ3v) is 7.81. The third-order valence-electron chi connectivity index (χ3n) is 7.81. The van der Waals surface area contributed by atoms with Crippen LogP contribution in [0.5, 0.6) is 0 Å². The summed E-state index contributed by atoms with van der Waals surface area (Å²) in [6.07, 6.45) is 4.43. The highest BCUT2D eigenvalue weighted by Gasteiger charge is 2.46. The zero-order chi connectivity index (χ0) is 40.8. The van der Waals surface area contributed by atoms with Crippen LogP contribution in [0.2, 0.25) is 0 Å². The Kier molecular flexibility index (Phi) is 29.4. The van der Waals surface area contributed by atoms with E-state index in [0.29, 0.717) is 51.2 Å². The van der Waals surface area contributed by atoms with Crippen LogP contribution in [0.3, 0.4) is 0 Å². The van der Waals surface area contributed by atoms with Gasteiger partial charge in [-0.15, -0.1) is 12.4 Å². The number of rotatable bonds is 14. The molecule has 13 nitrogen and oxygen atoms in total. The fourth-order valence-electron chi connectivity index (χ4n) is 5.15. The number of aliphatic hydroxyl groups is 4. The van der Waals surface area contributed by atoms with Crippen molar-refractivity contribution in [3.05, 3.63) is 0 Å². The van der Waals surface area contributed by atoms with Crippen molar-refractivity contribution in [2.75, 3.05) is 53.0 Å². The average molecular weight is 796 g/mol. The van der Waals surface area contributed by atoms with Crippen LogP contribution in [0, 0.1) is 5.92 Å². The molecule has 53 heavy (non-hydrogen) atoms. The number of hydrogen-bond acceptors (Lipinski definition) is 11. The monoisotopic (exact) mass is 796 g/mol. The van der Waals surface area contributed by atoms with Crippen molar-refractivity contribution in [2.45, 2.75) is 168 Å². The minimum atomic E-state index is -0.691. The molecule has 2 fully saturated rings. The average Bonchev–Trinajstić information content (AvgIpc) is 3.52. The Morgan fingerprint density at radius 2 is 1.13 bits per heavy atom. The smallest absolute Gasteiger partial charge is 0.412 e. The molecule has 0 unspecified atom stereocenters. The number of alkyl halides is 2.